The number of amides is 1. The molecule has 3 aromatic rings. The number of methoxy groups -OCH3 is 2. The summed E-state index contributed by atoms with van der Waals surface area (Å²) in [4.78, 5) is 23.8. The summed E-state index contributed by atoms with van der Waals surface area (Å²) < 4.78 is 38.5. The maximum atomic E-state index is 13.7. The van der Waals surface area contributed by atoms with Gasteiger partial charge in [-0.2, -0.15) is 5.10 Å². The lowest BCUT2D eigenvalue weighted by Crippen LogP contribution is -2.40. The van der Waals surface area contributed by atoms with Crippen molar-refractivity contribution in [1.82, 2.24) is 5.43 Å². The van der Waals surface area contributed by atoms with E-state index in [1.54, 1.807) is 6.92 Å². The molecule has 184 valence electrons. The number of nitro benzene ring substituents is 1. The Morgan fingerprint density at radius 3 is 2.51 bits per heavy atom. The second-order valence-electron chi connectivity index (χ2n) is 6.98. The molecule has 11 nitrogen and oxygen atoms in total. The molecule has 0 unspecified atom stereocenters. The number of ether oxygens (including phenoxy) is 2. The number of hydrogen-bond acceptors (Lipinski definition) is 9. The van der Waals surface area contributed by atoms with Gasteiger partial charge in [0.15, 0.2) is 4.90 Å². The monoisotopic (exact) mass is 518 g/mol. The van der Waals surface area contributed by atoms with E-state index in [9.17, 15) is 23.3 Å². The Hall–Kier alpha value is -3.97. The highest BCUT2D eigenvalue weighted by atomic mass is 32.2. The highest BCUT2D eigenvalue weighted by Crippen LogP contribution is 2.37. The summed E-state index contributed by atoms with van der Waals surface area (Å²) in [5.74, 6) is -0.298. The van der Waals surface area contributed by atoms with E-state index in [0.29, 0.717) is 11.5 Å². The number of thiophene rings is 1. The number of anilines is 1. The van der Waals surface area contributed by atoms with Gasteiger partial charge in [0, 0.05) is 17.0 Å². The number of rotatable bonds is 10. The first-order valence-electron chi connectivity index (χ1n) is 10.0. The summed E-state index contributed by atoms with van der Waals surface area (Å²) in [6, 6.07) is 12.9. The Kier molecular flexibility index (Phi) is 8.04. The van der Waals surface area contributed by atoms with Crippen molar-refractivity contribution in [3.63, 3.8) is 0 Å². The van der Waals surface area contributed by atoms with Crippen LogP contribution in [0.5, 0.6) is 11.5 Å². The molecule has 0 aliphatic rings. The van der Waals surface area contributed by atoms with Crippen LogP contribution in [-0.4, -0.2) is 45.7 Å². The number of para-hydroxylation sites is 1. The zero-order valence-electron chi connectivity index (χ0n) is 19.0. The maximum Gasteiger partial charge on any atom is 0.289 e. The van der Waals surface area contributed by atoms with Crippen LogP contribution >= 0.6 is 11.3 Å². The molecule has 0 atom stereocenters. The zero-order valence-corrected chi connectivity index (χ0v) is 20.6. The fraction of sp³-hybridized carbons (Fsp3) is 0.182. The summed E-state index contributed by atoms with van der Waals surface area (Å²) >= 11 is 1.43. The van der Waals surface area contributed by atoms with Gasteiger partial charge in [0.05, 0.1) is 30.5 Å². The van der Waals surface area contributed by atoms with E-state index in [1.165, 1.54) is 55.9 Å². The first-order chi connectivity index (χ1) is 16.7. The van der Waals surface area contributed by atoms with Crippen molar-refractivity contribution in [1.29, 1.82) is 0 Å². The molecule has 0 radical (unpaired) electrons. The van der Waals surface area contributed by atoms with E-state index >= 15 is 0 Å². The lowest BCUT2D eigenvalue weighted by atomic mass is 10.2. The summed E-state index contributed by atoms with van der Waals surface area (Å²) in [6.07, 6.45) is 0. The first-order valence-corrected chi connectivity index (χ1v) is 12.4. The Labute approximate surface area is 205 Å². The average molecular weight is 519 g/mol. The van der Waals surface area contributed by atoms with Crippen LogP contribution in [0.25, 0.3) is 0 Å². The van der Waals surface area contributed by atoms with Crippen molar-refractivity contribution in [3.8, 4) is 11.5 Å². The predicted octanol–water partition coefficient (Wildman–Crippen LogP) is 3.41. The summed E-state index contributed by atoms with van der Waals surface area (Å²) in [5.41, 5.74) is 2.23. The number of nitro groups is 1. The van der Waals surface area contributed by atoms with Gasteiger partial charge in [-0.25, -0.2) is 13.8 Å². The lowest BCUT2D eigenvalue weighted by Gasteiger charge is -2.25. The first kappa shape index (κ1) is 25.6. The highest BCUT2D eigenvalue weighted by Gasteiger charge is 2.34. The standard InChI is InChI=1S/C22H22N4O7S2/c1-15(20-8-6-12-34-20)23-24-22(27)14-25(17-11-10-16(32-2)13-19(17)33-3)35(30,31)21-9-5-4-7-18(21)26(28)29/h4-13H,14H2,1-3H3,(H,24,27)/b23-15-. The molecule has 0 spiro atoms. The van der Waals surface area contributed by atoms with Crippen molar-refractivity contribution in [2.75, 3.05) is 25.1 Å². The van der Waals surface area contributed by atoms with Crippen LogP contribution < -0.4 is 19.2 Å². The maximum absolute atomic E-state index is 13.7. The van der Waals surface area contributed by atoms with Crippen molar-refractivity contribution in [2.24, 2.45) is 5.10 Å². The van der Waals surface area contributed by atoms with Crippen molar-refractivity contribution in [3.05, 3.63) is 75.0 Å². The topological polar surface area (TPSA) is 140 Å². The average Bonchev–Trinajstić information content (AvgIpc) is 3.40. The van der Waals surface area contributed by atoms with E-state index in [1.807, 2.05) is 17.5 Å². The second-order valence-corrected chi connectivity index (χ2v) is 9.76. The van der Waals surface area contributed by atoms with Gasteiger partial charge in [0.1, 0.15) is 18.0 Å². The van der Waals surface area contributed by atoms with E-state index in [0.717, 1.165) is 21.3 Å². The Morgan fingerprint density at radius 2 is 1.89 bits per heavy atom. The van der Waals surface area contributed by atoms with Crippen LogP contribution in [0.1, 0.15) is 11.8 Å². The third-order valence-electron chi connectivity index (χ3n) is 4.80. The molecule has 3 rings (SSSR count). The zero-order chi connectivity index (χ0) is 25.6. The minimum Gasteiger partial charge on any atom is -0.497 e. The van der Waals surface area contributed by atoms with E-state index in [2.05, 4.69) is 10.5 Å². The molecule has 1 aromatic heterocycles. The summed E-state index contributed by atoms with van der Waals surface area (Å²) in [7, 11) is -1.84. The number of carbonyl (C=O) groups is 1. The molecule has 1 heterocycles. The van der Waals surface area contributed by atoms with Gasteiger partial charge >= 0.3 is 0 Å². The summed E-state index contributed by atoms with van der Waals surface area (Å²) in [5, 5.41) is 17.4. The van der Waals surface area contributed by atoms with Crippen LogP contribution in [0.4, 0.5) is 11.4 Å². The van der Waals surface area contributed by atoms with Crippen LogP contribution in [-0.2, 0) is 14.8 Å². The molecule has 0 aliphatic heterocycles. The molecule has 1 amide bonds. The lowest BCUT2D eigenvalue weighted by molar-refractivity contribution is -0.387. The van der Waals surface area contributed by atoms with Gasteiger partial charge in [0.25, 0.3) is 21.6 Å². The number of carbonyl (C=O) groups excluding carboxylic acids is 1. The van der Waals surface area contributed by atoms with Gasteiger partial charge in [-0.05, 0) is 36.6 Å². The number of nitrogens with zero attached hydrogens (tertiary/aromatic N) is 3. The molecule has 1 N–H and O–H groups in total. The Morgan fingerprint density at radius 1 is 1.14 bits per heavy atom. The van der Waals surface area contributed by atoms with Crippen LogP contribution in [0.3, 0.4) is 0 Å². The third kappa shape index (κ3) is 5.75. The summed E-state index contributed by atoms with van der Waals surface area (Å²) in [6.45, 7) is 0.971. The normalized spacial score (nSPS) is 11.6. The Bertz CT molecular complexity index is 1360. The molecule has 0 saturated heterocycles. The highest BCUT2D eigenvalue weighted by molar-refractivity contribution is 7.93. The van der Waals surface area contributed by atoms with Gasteiger partial charge in [-0.3, -0.25) is 19.2 Å². The largest absolute Gasteiger partial charge is 0.497 e. The van der Waals surface area contributed by atoms with Crippen molar-refractivity contribution >= 4 is 44.4 Å². The number of hydrazone groups is 1. The van der Waals surface area contributed by atoms with Crippen molar-refractivity contribution < 1.29 is 27.6 Å². The number of sulfonamides is 1. The Balaban J connectivity index is 2.06. The van der Waals surface area contributed by atoms with Crippen LogP contribution in [0.2, 0.25) is 0 Å². The van der Waals surface area contributed by atoms with E-state index < -0.39 is 38.0 Å². The van der Waals surface area contributed by atoms with E-state index in [-0.39, 0.29) is 11.4 Å². The number of hydrogen-bond donors (Lipinski definition) is 1. The molecule has 0 aliphatic carbocycles. The van der Waals surface area contributed by atoms with Gasteiger partial charge in [-0.15, -0.1) is 11.3 Å². The number of nitrogens with one attached hydrogen (secondary N) is 1. The number of benzene rings is 2. The SMILES string of the molecule is COc1ccc(N(CC(=O)N/N=C(/C)c2cccs2)S(=O)(=O)c2ccccc2[N+](=O)[O-])c(OC)c1. The molecule has 35 heavy (non-hydrogen) atoms. The molecule has 2 aromatic carbocycles. The quantitative estimate of drug-likeness (QED) is 0.246. The molecular weight excluding hydrogens is 496 g/mol. The smallest absolute Gasteiger partial charge is 0.289 e. The fourth-order valence-corrected chi connectivity index (χ4v) is 5.36. The van der Waals surface area contributed by atoms with Crippen molar-refractivity contribution in [2.45, 2.75) is 11.8 Å². The van der Waals surface area contributed by atoms with Crippen LogP contribution in [0, 0.1) is 10.1 Å². The molecular formula is C22H22N4O7S2. The van der Waals surface area contributed by atoms with Gasteiger partial charge in [-0.1, -0.05) is 18.2 Å². The molecule has 0 bridgehead atoms. The molecule has 0 fully saturated rings. The minimum atomic E-state index is -4.60. The molecule has 13 heteroatoms. The van der Waals surface area contributed by atoms with Gasteiger partial charge in [0.2, 0.25) is 0 Å². The fourth-order valence-electron chi connectivity index (χ4n) is 3.09. The second kappa shape index (κ2) is 11.0. The predicted molar refractivity (Wildman–Crippen MR) is 132 cm³/mol. The van der Waals surface area contributed by atoms with Crippen LogP contribution in [0.15, 0.2) is 70.0 Å². The van der Waals surface area contributed by atoms with E-state index in [4.69, 9.17) is 9.47 Å². The molecule has 0 saturated carbocycles. The minimum absolute atomic E-state index is 0.0134. The van der Waals surface area contributed by atoms with Gasteiger partial charge < -0.3 is 9.47 Å². The third-order valence-corrected chi connectivity index (χ3v) is 7.58.